The zero-order valence-electron chi connectivity index (χ0n) is 6.38. The van der Waals surface area contributed by atoms with E-state index in [1.54, 1.807) is 19.1 Å². The minimum atomic E-state index is -0.920. The van der Waals surface area contributed by atoms with Crippen LogP contribution in [0.4, 0.5) is 4.39 Å². The van der Waals surface area contributed by atoms with Crippen molar-refractivity contribution in [3.05, 3.63) is 35.6 Å². The van der Waals surface area contributed by atoms with Gasteiger partial charge in [0.2, 0.25) is 0 Å². The van der Waals surface area contributed by atoms with Gasteiger partial charge in [-0.1, -0.05) is 25.1 Å². The van der Waals surface area contributed by atoms with E-state index in [9.17, 15) is 9.50 Å². The van der Waals surface area contributed by atoms with Gasteiger partial charge in [0.1, 0.15) is 11.9 Å². The first-order chi connectivity index (χ1) is 5.25. The van der Waals surface area contributed by atoms with E-state index in [0.29, 0.717) is 6.42 Å². The molecule has 1 radical (unpaired) electrons. The predicted molar refractivity (Wildman–Crippen MR) is 40.1 cm³/mol. The van der Waals surface area contributed by atoms with Crippen LogP contribution in [-0.4, -0.2) is 0 Å². The normalized spacial score (nSPS) is 13.0. The molecule has 2 heteroatoms. The van der Waals surface area contributed by atoms with E-state index in [1.807, 2.05) is 0 Å². The summed E-state index contributed by atoms with van der Waals surface area (Å²) in [4.78, 5) is 0. The second-order valence-electron chi connectivity index (χ2n) is 2.42. The van der Waals surface area contributed by atoms with Crippen molar-refractivity contribution in [3.63, 3.8) is 0 Å². The van der Waals surface area contributed by atoms with Crippen LogP contribution in [0.2, 0.25) is 0 Å². The Bertz CT molecular complexity index is 235. The van der Waals surface area contributed by atoms with Crippen LogP contribution < -0.4 is 0 Å². The monoisotopic (exact) mass is 153 g/mol. The highest BCUT2D eigenvalue weighted by atomic mass is 19.1. The van der Waals surface area contributed by atoms with Crippen molar-refractivity contribution in [1.29, 1.82) is 0 Å². The van der Waals surface area contributed by atoms with Gasteiger partial charge in [-0.3, -0.25) is 0 Å². The fourth-order valence-electron chi connectivity index (χ4n) is 0.956. The van der Waals surface area contributed by atoms with Crippen molar-refractivity contribution in [2.24, 2.45) is 0 Å². The molecule has 0 amide bonds. The smallest absolute Gasteiger partial charge is 0.129 e. The summed E-state index contributed by atoms with van der Waals surface area (Å²) in [7, 11) is 0. The number of benzene rings is 1. The van der Waals surface area contributed by atoms with E-state index in [0.717, 1.165) is 0 Å². The highest BCUT2D eigenvalue weighted by Crippen LogP contribution is 2.19. The van der Waals surface area contributed by atoms with E-state index >= 15 is 0 Å². The summed E-state index contributed by atoms with van der Waals surface area (Å²) in [6.45, 7) is 1.75. The van der Waals surface area contributed by atoms with Gasteiger partial charge in [0, 0.05) is 5.56 Å². The average Bonchev–Trinajstić information content (AvgIpc) is 2.04. The molecule has 1 rings (SSSR count). The minimum absolute atomic E-state index is 0.273. The van der Waals surface area contributed by atoms with E-state index in [1.165, 1.54) is 12.1 Å². The first kappa shape index (κ1) is 8.21. The molecule has 11 heavy (non-hydrogen) atoms. The average molecular weight is 153 g/mol. The quantitative estimate of drug-likeness (QED) is 0.622. The minimum Gasteiger partial charge on any atom is -0.228 e. The summed E-state index contributed by atoms with van der Waals surface area (Å²) in [5.74, 6) is -0.394. The molecule has 0 N–H and O–H groups in total. The maximum atomic E-state index is 12.8. The molecule has 59 valence electrons. The molecule has 0 aromatic heterocycles. The second-order valence-corrected chi connectivity index (χ2v) is 2.42. The summed E-state index contributed by atoms with van der Waals surface area (Å²) in [6.07, 6.45) is -0.489. The summed E-state index contributed by atoms with van der Waals surface area (Å²) in [6, 6.07) is 6.12. The molecule has 1 unspecified atom stereocenters. The number of hydrogen-bond donors (Lipinski definition) is 0. The van der Waals surface area contributed by atoms with Crippen molar-refractivity contribution in [1.82, 2.24) is 0 Å². The van der Waals surface area contributed by atoms with E-state index in [4.69, 9.17) is 0 Å². The first-order valence-electron chi connectivity index (χ1n) is 3.66. The van der Waals surface area contributed by atoms with Gasteiger partial charge in [0.15, 0.2) is 0 Å². The summed E-state index contributed by atoms with van der Waals surface area (Å²) in [5, 5.41) is 11.1. The first-order valence-corrected chi connectivity index (χ1v) is 3.66. The topological polar surface area (TPSA) is 19.9 Å². The maximum absolute atomic E-state index is 12.8. The zero-order chi connectivity index (χ0) is 8.27. The van der Waals surface area contributed by atoms with Gasteiger partial charge in [-0.05, 0) is 12.5 Å². The van der Waals surface area contributed by atoms with E-state index in [2.05, 4.69) is 0 Å². The molecule has 0 saturated heterocycles. The van der Waals surface area contributed by atoms with Gasteiger partial charge in [-0.15, -0.1) is 0 Å². The summed E-state index contributed by atoms with van der Waals surface area (Å²) >= 11 is 0. The van der Waals surface area contributed by atoms with Crippen LogP contribution in [0.3, 0.4) is 0 Å². The van der Waals surface area contributed by atoms with Crippen LogP contribution in [0.25, 0.3) is 0 Å². The summed E-state index contributed by atoms with van der Waals surface area (Å²) in [5.41, 5.74) is 0.273. The van der Waals surface area contributed by atoms with E-state index < -0.39 is 11.9 Å². The molecule has 1 nitrogen and oxygen atoms in total. The molecule has 0 aliphatic rings. The number of hydrogen-bond acceptors (Lipinski definition) is 0. The van der Waals surface area contributed by atoms with Crippen LogP contribution >= 0.6 is 0 Å². The molecule has 0 aliphatic carbocycles. The van der Waals surface area contributed by atoms with Gasteiger partial charge >= 0.3 is 0 Å². The van der Waals surface area contributed by atoms with Crippen LogP contribution in [0.1, 0.15) is 25.0 Å². The third-order valence-corrected chi connectivity index (χ3v) is 1.62. The van der Waals surface area contributed by atoms with Crippen molar-refractivity contribution < 1.29 is 9.50 Å². The molecule has 0 heterocycles. The lowest BCUT2D eigenvalue weighted by atomic mass is 10.1. The van der Waals surface area contributed by atoms with Gasteiger partial charge in [-0.2, -0.15) is 0 Å². The molecular weight excluding hydrogens is 143 g/mol. The fraction of sp³-hybridized carbons (Fsp3) is 0.333. The largest absolute Gasteiger partial charge is 0.228 e. The lowest BCUT2D eigenvalue weighted by molar-refractivity contribution is 0.0825. The number of rotatable bonds is 2. The van der Waals surface area contributed by atoms with Crippen molar-refractivity contribution in [2.45, 2.75) is 19.4 Å². The molecule has 1 aromatic carbocycles. The molecule has 0 bridgehead atoms. The van der Waals surface area contributed by atoms with Gasteiger partial charge in [0.25, 0.3) is 0 Å². The van der Waals surface area contributed by atoms with Crippen LogP contribution in [0, 0.1) is 5.82 Å². The lowest BCUT2D eigenvalue weighted by Gasteiger charge is -2.05. The molecule has 1 aromatic rings. The van der Waals surface area contributed by atoms with Crippen molar-refractivity contribution in [2.75, 3.05) is 0 Å². The Hall–Kier alpha value is -0.890. The second kappa shape index (κ2) is 3.49. The third-order valence-electron chi connectivity index (χ3n) is 1.62. The maximum Gasteiger partial charge on any atom is 0.129 e. The Morgan fingerprint density at radius 2 is 2.09 bits per heavy atom. The van der Waals surface area contributed by atoms with Gasteiger partial charge < -0.3 is 0 Å². The van der Waals surface area contributed by atoms with Gasteiger partial charge in [0.05, 0.1) is 0 Å². The summed E-state index contributed by atoms with van der Waals surface area (Å²) < 4.78 is 12.8. The lowest BCUT2D eigenvalue weighted by Crippen LogP contribution is -1.96. The Balaban J connectivity index is 2.93. The standard InChI is InChI=1S/C9H10FO/c1-2-9(11)7-5-3-4-6-8(7)10/h3-6,9H,2H2,1H3. The van der Waals surface area contributed by atoms with E-state index in [-0.39, 0.29) is 5.56 Å². The highest BCUT2D eigenvalue weighted by molar-refractivity contribution is 5.19. The Morgan fingerprint density at radius 1 is 1.45 bits per heavy atom. The fourth-order valence-corrected chi connectivity index (χ4v) is 0.956. The Labute approximate surface area is 65.5 Å². The molecule has 0 saturated carbocycles. The van der Waals surface area contributed by atoms with Crippen LogP contribution in [-0.2, 0) is 5.11 Å². The molecule has 0 spiro atoms. The third kappa shape index (κ3) is 1.77. The Kier molecular flexibility index (Phi) is 2.60. The predicted octanol–water partition coefficient (Wildman–Crippen LogP) is 2.71. The van der Waals surface area contributed by atoms with Crippen molar-refractivity contribution >= 4 is 0 Å². The SMILES string of the molecule is CCC([O])c1ccccc1F. The van der Waals surface area contributed by atoms with Crippen molar-refractivity contribution in [3.8, 4) is 0 Å². The molecule has 0 fully saturated rings. The molecular formula is C9H10FO. The molecule has 1 atom stereocenters. The number of halogens is 1. The van der Waals surface area contributed by atoms with Crippen LogP contribution in [0.15, 0.2) is 24.3 Å². The highest BCUT2D eigenvalue weighted by Gasteiger charge is 2.10. The molecule has 0 aliphatic heterocycles. The van der Waals surface area contributed by atoms with Crippen LogP contribution in [0.5, 0.6) is 0 Å². The Morgan fingerprint density at radius 3 is 2.64 bits per heavy atom. The van der Waals surface area contributed by atoms with Gasteiger partial charge in [-0.25, -0.2) is 9.50 Å². The zero-order valence-corrected chi connectivity index (χ0v) is 6.38.